The van der Waals surface area contributed by atoms with E-state index in [0.29, 0.717) is 0 Å². The summed E-state index contributed by atoms with van der Waals surface area (Å²) in [5, 5.41) is 3.44. The van der Waals surface area contributed by atoms with Gasteiger partial charge < -0.3 is 14.8 Å². The zero-order chi connectivity index (χ0) is 14.2. The average molecular weight is 275 g/mol. The maximum atomic E-state index is 5.89. The van der Waals surface area contributed by atoms with Crippen LogP contribution in [0, 0.1) is 5.92 Å². The summed E-state index contributed by atoms with van der Waals surface area (Å²) in [6, 6.07) is 6.09. The number of ether oxygens (including phenoxy) is 2. The van der Waals surface area contributed by atoms with Crippen LogP contribution in [0.3, 0.4) is 0 Å². The van der Waals surface area contributed by atoms with E-state index in [-0.39, 0.29) is 0 Å². The van der Waals surface area contributed by atoms with E-state index in [4.69, 9.17) is 9.47 Å². The average Bonchev–Trinajstić information content (AvgIpc) is 2.50. The molecule has 0 radical (unpaired) electrons. The van der Waals surface area contributed by atoms with E-state index in [1.807, 2.05) is 18.2 Å². The first-order valence-electron chi connectivity index (χ1n) is 7.45. The van der Waals surface area contributed by atoms with Crippen LogP contribution in [0.25, 0.3) is 0 Å². The fraction of sp³-hybridized carbons (Fsp3) is 0.529. The van der Waals surface area contributed by atoms with Gasteiger partial charge in [0.15, 0.2) is 11.5 Å². The lowest BCUT2D eigenvalue weighted by atomic mass is 9.97. The number of hydrogen-bond donors (Lipinski definition) is 1. The first-order valence-corrected chi connectivity index (χ1v) is 7.45. The fourth-order valence-corrected chi connectivity index (χ4v) is 2.63. The minimum absolute atomic E-state index is 0.745. The summed E-state index contributed by atoms with van der Waals surface area (Å²) >= 11 is 0. The van der Waals surface area contributed by atoms with Crippen molar-refractivity contribution in [3.8, 4) is 11.5 Å². The van der Waals surface area contributed by atoms with Gasteiger partial charge in [0.2, 0.25) is 0 Å². The molecular formula is C17H25NO2. The number of hydrogen-bond acceptors (Lipinski definition) is 3. The third-order valence-corrected chi connectivity index (χ3v) is 3.79. The Labute approximate surface area is 122 Å². The molecule has 0 spiro atoms. The molecule has 1 saturated heterocycles. The SMILES string of the molecule is C=CCc1ccc(OCC[C@H]2CCCNC2)c(OC)c1. The molecule has 1 aliphatic heterocycles. The molecule has 1 aromatic carbocycles. The maximum Gasteiger partial charge on any atom is 0.161 e. The van der Waals surface area contributed by atoms with Gasteiger partial charge in [0.05, 0.1) is 13.7 Å². The largest absolute Gasteiger partial charge is 0.493 e. The van der Waals surface area contributed by atoms with E-state index in [1.54, 1.807) is 7.11 Å². The Kier molecular flexibility index (Phi) is 5.93. The maximum absolute atomic E-state index is 5.89. The molecule has 0 aromatic heterocycles. The molecule has 1 N–H and O–H groups in total. The minimum atomic E-state index is 0.745. The standard InChI is InChI=1S/C17H25NO2/c1-3-5-14-7-8-16(17(12-14)19-2)20-11-9-15-6-4-10-18-13-15/h3,7-8,12,15,18H,1,4-6,9-11,13H2,2H3/t15-/m1/s1. The van der Waals surface area contributed by atoms with Crippen molar-refractivity contribution in [3.05, 3.63) is 36.4 Å². The highest BCUT2D eigenvalue weighted by Gasteiger charge is 2.13. The van der Waals surface area contributed by atoms with Crippen LogP contribution in [0.2, 0.25) is 0 Å². The first kappa shape index (κ1) is 14.9. The van der Waals surface area contributed by atoms with Gasteiger partial charge in [0, 0.05) is 0 Å². The highest BCUT2D eigenvalue weighted by molar-refractivity contribution is 5.43. The second-order valence-corrected chi connectivity index (χ2v) is 5.33. The molecule has 1 aliphatic rings. The van der Waals surface area contributed by atoms with Crippen molar-refractivity contribution in [2.24, 2.45) is 5.92 Å². The van der Waals surface area contributed by atoms with Crippen molar-refractivity contribution in [3.63, 3.8) is 0 Å². The molecule has 1 atom stereocenters. The molecule has 20 heavy (non-hydrogen) atoms. The lowest BCUT2D eigenvalue weighted by Crippen LogP contribution is -2.30. The monoisotopic (exact) mass is 275 g/mol. The van der Waals surface area contributed by atoms with Gasteiger partial charge in [-0.15, -0.1) is 6.58 Å². The van der Waals surface area contributed by atoms with Crippen molar-refractivity contribution in [1.29, 1.82) is 0 Å². The van der Waals surface area contributed by atoms with Gasteiger partial charge in [-0.25, -0.2) is 0 Å². The van der Waals surface area contributed by atoms with E-state index in [0.717, 1.165) is 50.0 Å². The van der Waals surface area contributed by atoms with Crippen LogP contribution in [0.5, 0.6) is 11.5 Å². The molecule has 0 aliphatic carbocycles. The summed E-state index contributed by atoms with van der Waals surface area (Å²) in [6.45, 7) is 6.80. The summed E-state index contributed by atoms with van der Waals surface area (Å²) in [5.74, 6) is 2.39. The summed E-state index contributed by atoms with van der Waals surface area (Å²) in [4.78, 5) is 0. The van der Waals surface area contributed by atoms with Crippen LogP contribution >= 0.6 is 0 Å². The third kappa shape index (κ3) is 4.27. The number of rotatable bonds is 7. The molecule has 0 amide bonds. The Morgan fingerprint density at radius 1 is 1.40 bits per heavy atom. The Morgan fingerprint density at radius 3 is 3.00 bits per heavy atom. The van der Waals surface area contributed by atoms with E-state index >= 15 is 0 Å². The molecule has 1 aromatic rings. The van der Waals surface area contributed by atoms with E-state index < -0.39 is 0 Å². The third-order valence-electron chi connectivity index (χ3n) is 3.79. The number of allylic oxidation sites excluding steroid dienone is 1. The lowest BCUT2D eigenvalue weighted by molar-refractivity contribution is 0.245. The highest BCUT2D eigenvalue weighted by atomic mass is 16.5. The van der Waals surface area contributed by atoms with Gasteiger partial charge in [0.1, 0.15) is 0 Å². The first-order chi connectivity index (χ1) is 9.83. The molecule has 0 bridgehead atoms. The molecule has 2 rings (SSSR count). The van der Waals surface area contributed by atoms with Crippen LogP contribution in [0.15, 0.2) is 30.9 Å². The van der Waals surface area contributed by atoms with Crippen LogP contribution in [0.4, 0.5) is 0 Å². The summed E-state index contributed by atoms with van der Waals surface area (Å²) in [6.07, 6.45) is 6.44. The molecule has 110 valence electrons. The molecule has 3 heteroatoms. The summed E-state index contributed by atoms with van der Waals surface area (Å²) in [7, 11) is 1.69. The van der Waals surface area contributed by atoms with E-state index in [1.165, 1.54) is 18.4 Å². The Morgan fingerprint density at radius 2 is 2.30 bits per heavy atom. The van der Waals surface area contributed by atoms with Crippen LogP contribution in [-0.4, -0.2) is 26.8 Å². The topological polar surface area (TPSA) is 30.5 Å². The lowest BCUT2D eigenvalue weighted by Gasteiger charge is -2.22. The Balaban J connectivity index is 1.86. The number of methoxy groups -OCH3 is 1. The minimum Gasteiger partial charge on any atom is -0.493 e. The van der Waals surface area contributed by atoms with Crippen molar-refractivity contribution in [2.45, 2.75) is 25.7 Å². The van der Waals surface area contributed by atoms with Crippen molar-refractivity contribution in [2.75, 3.05) is 26.8 Å². The number of piperidine rings is 1. The van der Waals surface area contributed by atoms with Crippen LogP contribution in [-0.2, 0) is 6.42 Å². The zero-order valence-electron chi connectivity index (χ0n) is 12.4. The predicted molar refractivity (Wildman–Crippen MR) is 82.6 cm³/mol. The zero-order valence-corrected chi connectivity index (χ0v) is 12.4. The van der Waals surface area contributed by atoms with Crippen molar-refractivity contribution < 1.29 is 9.47 Å². The van der Waals surface area contributed by atoms with E-state index in [9.17, 15) is 0 Å². The van der Waals surface area contributed by atoms with Gasteiger partial charge in [-0.05, 0) is 62.4 Å². The van der Waals surface area contributed by atoms with Crippen molar-refractivity contribution >= 4 is 0 Å². The fourth-order valence-electron chi connectivity index (χ4n) is 2.63. The highest BCUT2D eigenvalue weighted by Crippen LogP contribution is 2.29. The van der Waals surface area contributed by atoms with Gasteiger partial charge in [-0.1, -0.05) is 12.1 Å². The summed E-state index contributed by atoms with van der Waals surface area (Å²) in [5.41, 5.74) is 1.20. The normalized spacial score (nSPS) is 18.6. The molecule has 0 unspecified atom stereocenters. The van der Waals surface area contributed by atoms with Gasteiger partial charge in [-0.3, -0.25) is 0 Å². The smallest absolute Gasteiger partial charge is 0.161 e. The summed E-state index contributed by atoms with van der Waals surface area (Å²) < 4.78 is 11.3. The second kappa shape index (κ2) is 7.95. The van der Waals surface area contributed by atoms with Crippen molar-refractivity contribution in [1.82, 2.24) is 5.32 Å². The molecule has 1 heterocycles. The Hall–Kier alpha value is -1.48. The molecule has 1 fully saturated rings. The van der Waals surface area contributed by atoms with Crippen LogP contribution in [0.1, 0.15) is 24.8 Å². The second-order valence-electron chi connectivity index (χ2n) is 5.33. The quantitative estimate of drug-likeness (QED) is 0.775. The molecule has 3 nitrogen and oxygen atoms in total. The molecular weight excluding hydrogens is 250 g/mol. The molecule has 0 saturated carbocycles. The van der Waals surface area contributed by atoms with Gasteiger partial charge in [-0.2, -0.15) is 0 Å². The predicted octanol–water partition coefficient (Wildman–Crippen LogP) is 3.19. The Bertz CT molecular complexity index is 425. The van der Waals surface area contributed by atoms with Gasteiger partial charge >= 0.3 is 0 Å². The van der Waals surface area contributed by atoms with Crippen LogP contribution < -0.4 is 14.8 Å². The van der Waals surface area contributed by atoms with Gasteiger partial charge in [0.25, 0.3) is 0 Å². The van der Waals surface area contributed by atoms with E-state index in [2.05, 4.69) is 18.0 Å². The number of nitrogens with one attached hydrogen (secondary N) is 1. The number of benzene rings is 1.